The lowest BCUT2D eigenvalue weighted by molar-refractivity contribution is 0.0691. The molecule has 1 aromatic heterocycles. The Morgan fingerprint density at radius 2 is 2.22 bits per heavy atom. The molecule has 3 atom stereocenters. The fraction of sp³-hybridized carbons (Fsp3) is 0.435. The largest absolute Gasteiger partial charge is 0.506 e. The molecule has 3 aliphatic rings. The highest BCUT2D eigenvalue weighted by molar-refractivity contribution is 5.92. The molecule has 3 heterocycles. The van der Waals surface area contributed by atoms with E-state index in [0.717, 1.165) is 38.2 Å². The molecule has 0 bridgehead atoms. The number of benzene rings is 1. The van der Waals surface area contributed by atoms with Crippen LogP contribution in [0.25, 0.3) is 16.1 Å². The summed E-state index contributed by atoms with van der Waals surface area (Å²) in [5, 5.41) is 26.6. The number of hydrogen-bond donors (Lipinski definition) is 5. The molecule has 9 heteroatoms. The van der Waals surface area contributed by atoms with E-state index in [2.05, 4.69) is 20.5 Å². The zero-order valence-corrected chi connectivity index (χ0v) is 17.5. The number of aromatic hydroxyl groups is 1. The van der Waals surface area contributed by atoms with Gasteiger partial charge >= 0.3 is 11.5 Å². The molecule has 2 aliphatic heterocycles. The SMILES string of the molecule is C#[N+][C@@]12CNC[C@@H]1CC[C@H]2CNc1ccc2c(c1)OCCc1c-2[nH]c(=O)c(C(=O)O)c1O. The molecular weight excluding hydrogens is 412 g/mol. The Labute approximate surface area is 184 Å². The van der Waals surface area contributed by atoms with E-state index in [9.17, 15) is 19.8 Å². The summed E-state index contributed by atoms with van der Waals surface area (Å²) in [5.41, 5.74) is 0.491. The van der Waals surface area contributed by atoms with Gasteiger partial charge in [-0.15, -0.1) is 0 Å². The average Bonchev–Trinajstić information content (AvgIpc) is 3.27. The second-order valence-corrected chi connectivity index (χ2v) is 8.75. The number of aromatic carboxylic acids is 1. The Bertz CT molecular complexity index is 1200. The van der Waals surface area contributed by atoms with Crippen molar-refractivity contribution in [2.75, 3.05) is 31.6 Å². The predicted molar refractivity (Wildman–Crippen MR) is 119 cm³/mol. The van der Waals surface area contributed by atoms with Gasteiger partial charge in [0.15, 0.2) is 5.56 Å². The Morgan fingerprint density at radius 3 is 3.00 bits per heavy atom. The van der Waals surface area contributed by atoms with Gasteiger partial charge in [-0.1, -0.05) is 4.85 Å². The predicted octanol–water partition coefficient (Wildman–Crippen LogP) is 2.12. The summed E-state index contributed by atoms with van der Waals surface area (Å²) in [4.78, 5) is 30.5. The van der Waals surface area contributed by atoms with Crippen LogP contribution in [0.4, 0.5) is 5.69 Å². The van der Waals surface area contributed by atoms with Gasteiger partial charge in [0.1, 0.15) is 11.5 Å². The molecule has 5 N–H and O–H groups in total. The third-order valence-electron chi connectivity index (χ3n) is 7.23. The number of hydrogen-bond acceptors (Lipinski definition) is 6. The standard InChI is InChI=1S/C23H24N4O5/c1-24-23-11-25-9-12(23)2-3-13(23)10-26-14-4-5-15-17(8-14)32-7-6-16-19(15)27-21(29)18(20(16)28)22(30)31/h1,4-5,8,12-13,25H,2-3,6-7,9-11H2,(H3-,26,27,28,29,30,31)/p+1/t12-,13-,23-/m0/s1. The van der Waals surface area contributed by atoms with E-state index < -0.39 is 22.8 Å². The number of pyridine rings is 1. The van der Waals surface area contributed by atoms with E-state index in [1.54, 1.807) is 6.07 Å². The summed E-state index contributed by atoms with van der Waals surface area (Å²) < 4.78 is 5.88. The van der Waals surface area contributed by atoms with Gasteiger partial charge in [-0.25, -0.2) is 4.79 Å². The number of nitrogens with zero attached hydrogens (tertiary/aromatic N) is 1. The lowest BCUT2D eigenvalue weighted by Crippen LogP contribution is -2.40. The summed E-state index contributed by atoms with van der Waals surface area (Å²) in [5.74, 6) is -0.615. The van der Waals surface area contributed by atoms with Crippen molar-refractivity contribution in [3.8, 4) is 29.3 Å². The van der Waals surface area contributed by atoms with Gasteiger partial charge in [-0.05, 0) is 25.0 Å². The van der Waals surface area contributed by atoms with Crippen LogP contribution in [0.5, 0.6) is 11.5 Å². The smallest absolute Gasteiger partial charge is 0.345 e. The quantitative estimate of drug-likeness (QED) is 0.496. The van der Waals surface area contributed by atoms with Gasteiger partial charge in [-0.3, -0.25) is 4.79 Å². The molecule has 32 heavy (non-hydrogen) atoms. The highest BCUT2D eigenvalue weighted by Gasteiger charge is 2.61. The molecule has 2 fully saturated rings. The second-order valence-electron chi connectivity index (χ2n) is 8.75. The first-order valence-electron chi connectivity index (χ1n) is 10.8. The minimum Gasteiger partial charge on any atom is -0.506 e. The molecule has 1 saturated carbocycles. The molecule has 0 spiro atoms. The number of nitrogens with one attached hydrogen (secondary N) is 3. The number of carbonyl (C=O) groups is 1. The second kappa shape index (κ2) is 7.57. The zero-order valence-electron chi connectivity index (χ0n) is 17.5. The monoisotopic (exact) mass is 437 g/mol. The van der Waals surface area contributed by atoms with Crippen molar-refractivity contribution < 1.29 is 19.7 Å². The summed E-state index contributed by atoms with van der Waals surface area (Å²) in [6, 6.07) is 5.54. The van der Waals surface area contributed by atoms with Crippen LogP contribution in [0.1, 0.15) is 28.8 Å². The van der Waals surface area contributed by atoms with Crippen LogP contribution in [0.2, 0.25) is 0 Å². The van der Waals surface area contributed by atoms with E-state index >= 15 is 0 Å². The topological polar surface area (TPSA) is 128 Å². The molecule has 1 saturated heterocycles. The third-order valence-corrected chi connectivity index (χ3v) is 7.23. The lowest BCUT2D eigenvalue weighted by atomic mass is 9.83. The van der Waals surface area contributed by atoms with Gasteiger partial charge in [-0.2, -0.15) is 0 Å². The first-order valence-corrected chi connectivity index (χ1v) is 10.8. The van der Waals surface area contributed by atoms with Crippen LogP contribution >= 0.6 is 0 Å². The minimum absolute atomic E-state index is 0.215. The number of carboxylic acid groups (broad SMARTS) is 1. The van der Waals surface area contributed by atoms with Crippen molar-refractivity contribution >= 4 is 11.7 Å². The van der Waals surface area contributed by atoms with Crippen molar-refractivity contribution in [3.63, 3.8) is 0 Å². The number of H-pyrrole nitrogens is 1. The van der Waals surface area contributed by atoms with Gasteiger partial charge in [0.05, 0.1) is 30.7 Å². The van der Waals surface area contributed by atoms with E-state index in [0.29, 0.717) is 34.4 Å². The number of fused-ring (bicyclic) bond motifs is 4. The fourth-order valence-corrected chi connectivity index (χ4v) is 5.55. The van der Waals surface area contributed by atoms with Crippen molar-refractivity contribution in [3.05, 3.63) is 44.5 Å². The molecule has 166 valence electrons. The Morgan fingerprint density at radius 1 is 1.38 bits per heavy atom. The number of anilines is 1. The van der Waals surface area contributed by atoms with Crippen LogP contribution < -0.4 is 20.9 Å². The molecule has 0 radical (unpaired) electrons. The van der Waals surface area contributed by atoms with Crippen LogP contribution in [0.15, 0.2) is 23.0 Å². The molecule has 1 aliphatic carbocycles. The maximum absolute atomic E-state index is 12.3. The number of rotatable bonds is 4. The van der Waals surface area contributed by atoms with E-state index in [4.69, 9.17) is 11.3 Å². The summed E-state index contributed by atoms with van der Waals surface area (Å²) in [7, 11) is 0. The lowest BCUT2D eigenvalue weighted by Gasteiger charge is -2.20. The zero-order chi connectivity index (χ0) is 22.5. The van der Waals surface area contributed by atoms with Gasteiger partial charge < -0.3 is 30.6 Å². The van der Waals surface area contributed by atoms with E-state index in [1.807, 2.05) is 12.1 Å². The van der Waals surface area contributed by atoms with E-state index in [-0.39, 0.29) is 18.6 Å². The number of carboxylic acids is 1. The number of ether oxygens (including phenoxy) is 1. The normalized spacial score (nSPS) is 25.6. The molecule has 0 amide bonds. The average molecular weight is 437 g/mol. The Kier molecular flexibility index (Phi) is 4.82. The van der Waals surface area contributed by atoms with Crippen molar-refractivity contribution in [2.45, 2.75) is 24.8 Å². The first kappa shape index (κ1) is 20.4. The molecule has 9 nitrogen and oxygen atoms in total. The molecule has 0 unspecified atom stereocenters. The molecule has 1 aromatic carbocycles. The number of aromatic nitrogens is 1. The van der Waals surface area contributed by atoms with Crippen molar-refractivity contribution in [2.24, 2.45) is 11.8 Å². The fourth-order valence-electron chi connectivity index (χ4n) is 5.55. The van der Waals surface area contributed by atoms with Gasteiger partial charge in [0.25, 0.3) is 12.1 Å². The van der Waals surface area contributed by atoms with Crippen molar-refractivity contribution in [1.82, 2.24) is 10.3 Å². The molecular formula is C23H25N4O5+. The van der Waals surface area contributed by atoms with Crippen molar-refractivity contribution in [1.29, 1.82) is 0 Å². The summed E-state index contributed by atoms with van der Waals surface area (Å²) >= 11 is 0. The van der Waals surface area contributed by atoms with Crippen LogP contribution in [0.3, 0.4) is 0 Å². The highest BCUT2D eigenvalue weighted by Crippen LogP contribution is 2.46. The summed E-state index contributed by atoms with van der Waals surface area (Å²) in [6.07, 6.45) is 2.45. The van der Waals surface area contributed by atoms with Crippen LogP contribution in [0, 0.1) is 18.4 Å². The minimum atomic E-state index is -1.47. The first-order chi connectivity index (χ1) is 15.4. The van der Waals surface area contributed by atoms with E-state index in [1.165, 1.54) is 0 Å². The maximum atomic E-state index is 12.3. The summed E-state index contributed by atoms with van der Waals surface area (Å²) in [6.45, 7) is 8.56. The Balaban J connectivity index is 1.43. The maximum Gasteiger partial charge on any atom is 0.345 e. The molecule has 5 rings (SSSR count). The van der Waals surface area contributed by atoms with Crippen LogP contribution in [-0.4, -0.2) is 52.9 Å². The van der Waals surface area contributed by atoms with Gasteiger partial charge in [0.2, 0.25) is 0 Å². The molecule has 2 aromatic rings. The van der Waals surface area contributed by atoms with Gasteiger partial charge in [0, 0.05) is 42.4 Å². The highest BCUT2D eigenvalue weighted by atomic mass is 16.5. The Hall–Kier alpha value is -3.51. The number of aromatic amines is 1. The van der Waals surface area contributed by atoms with Crippen LogP contribution in [-0.2, 0) is 6.42 Å². The third kappa shape index (κ3) is 3.02.